The number of hydrogen-bond acceptors (Lipinski definition) is 4. The van der Waals surface area contributed by atoms with E-state index in [-0.39, 0.29) is 0 Å². The Bertz CT molecular complexity index is 476. The molecular weight excluding hydrogens is 246 g/mol. The van der Waals surface area contributed by atoms with Crippen LogP contribution in [0.15, 0.2) is 17.2 Å². The molecule has 2 rings (SSSR count). The lowest BCUT2D eigenvalue weighted by Gasteiger charge is -2.30. The molecule has 1 fully saturated rings. The molecule has 1 saturated heterocycles. The molecule has 0 atom stereocenters. The van der Waals surface area contributed by atoms with Crippen LogP contribution in [-0.2, 0) is 5.75 Å². The molecule has 0 radical (unpaired) electrons. The molecule has 0 unspecified atom stereocenters. The quantitative estimate of drug-likeness (QED) is 0.381. The minimum Gasteiger partial charge on any atom is -0.369 e. The summed E-state index contributed by atoms with van der Waals surface area (Å²) in [5.41, 5.74) is 12.6. The molecule has 0 saturated carbocycles. The lowest BCUT2D eigenvalue weighted by atomic mass is 10.1. The summed E-state index contributed by atoms with van der Waals surface area (Å²) in [6.07, 6.45) is 0. The van der Waals surface area contributed by atoms with E-state index in [9.17, 15) is 0 Å². The molecule has 1 aromatic rings. The second-order valence-electron chi connectivity index (χ2n) is 4.33. The lowest BCUT2D eigenvalue weighted by molar-refractivity contribution is 0.589. The highest BCUT2D eigenvalue weighted by Gasteiger charge is 2.13. The van der Waals surface area contributed by atoms with E-state index >= 15 is 0 Å². The van der Waals surface area contributed by atoms with Crippen molar-refractivity contribution in [3.05, 3.63) is 33.7 Å². The van der Waals surface area contributed by atoms with Gasteiger partial charge in [-0.3, -0.25) is 0 Å². The number of piperazine rings is 1. The van der Waals surface area contributed by atoms with E-state index in [2.05, 4.69) is 38.9 Å². The van der Waals surface area contributed by atoms with E-state index in [4.69, 9.17) is 5.53 Å². The van der Waals surface area contributed by atoms with Gasteiger partial charge >= 0.3 is 0 Å². The monoisotopic (exact) mass is 263 g/mol. The van der Waals surface area contributed by atoms with Crippen LogP contribution >= 0.6 is 12.6 Å². The van der Waals surface area contributed by atoms with Crippen molar-refractivity contribution < 1.29 is 0 Å². The highest BCUT2D eigenvalue weighted by Crippen LogP contribution is 2.30. The number of nitrogens with one attached hydrogen (secondary N) is 1. The van der Waals surface area contributed by atoms with Gasteiger partial charge in [-0.25, -0.2) is 0 Å². The molecule has 0 aliphatic carbocycles. The molecule has 18 heavy (non-hydrogen) atoms. The number of hydrogen-bond donors (Lipinski definition) is 2. The van der Waals surface area contributed by atoms with Crippen LogP contribution in [-0.4, -0.2) is 26.2 Å². The SMILES string of the molecule is Cc1c(CS)cc(N2CCNCC2)cc1N=[N+]=[N-]. The zero-order valence-corrected chi connectivity index (χ0v) is 11.3. The molecule has 1 heterocycles. The van der Waals surface area contributed by atoms with Gasteiger partial charge in [-0.1, -0.05) is 5.11 Å². The molecule has 0 aromatic heterocycles. The Kier molecular flexibility index (Phi) is 4.36. The van der Waals surface area contributed by atoms with Crippen molar-refractivity contribution in [2.24, 2.45) is 5.11 Å². The summed E-state index contributed by atoms with van der Waals surface area (Å²) in [5.74, 6) is 0.652. The molecule has 6 heteroatoms. The van der Waals surface area contributed by atoms with E-state index in [1.165, 1.54) is 0 Å². The topological polar surface area (TPSA) is 64.0 Å². The van der Waals surface area contributed by atoms with Crippen LogP contribution in [0.1, 0.15) is 11.1 Å². The number of anilines is 1. The summed E-state index contributed by atoms with van der Waals surface area (Å²) >= 11 is 4.34. The average Bonchev–Trinajstić information content (AvgIpc) is 2.42. The van der Waals surface area contributed by atoms with Crippen LogP contribution in [0.5, 0.6) is 0 Å². The average molecular weight is 263 g/mol. The first-order valence-electron chi connectivity index (χ1n) is 6.01. The minimum atomic E-state index is 0.652. The van der Waals surface area contributed by atoms with Crippen LogP contribution in [0.2, 0.25) is 0 Å². The summed E-state index contributed by atoms with van der Waals surface area (Å²) in [6, 6.07) is 4.11. The Morgan fingerprint density at radius 2 is 2.17 bits per heavy atom. The summed E-state index contributed by atoms with van der Waals surface area (Å²) < 4.78 is 0. The Labute approximate surface area is 112 Å². The molecule has 96 valence electrons. The number of rotatable bonds is 3. The number of benzene rings is 1. The molecule has 1 aliphatic heterocycles. The Balaban J connectivity index is 2.40. The number of thiol groups is 1. The highest BCUT2D eigenvalue weighted by atomic mass is 32.1. The highest BCUT2D eigenvalue weighted by molar-refractivity contribution is 7.79. The van der Waals surface area contributed by atoms with Gasteiger partial charge in [0.05, 0.1) is 0 Å². The van der Waals surface area contributed by atoms with Gasteiger partial charge in [0.1, 0.15) is 0 Å². The first-order valence-corrected chi connectivity index (χ1v) is 6.64. The van der Waals surface area contributed by atoms with Crippen LogP contribution in [0.3, 0.4) is 0 Å². The van der Waals surface area contributed by atoms with Crippen molar-refractivity contribution in [3.8, 4) is 0 Å². The van der Waals surface area contributed by atoms with Gasteiger partial charge in [0.25, 0.3) is 0 Å². The maximum atomic E-state index is 8.62. The second-order valence-corrected chi connectivity index (χ2v) is 4.65. The maximum absolute atomic E-state index is 8.62. The maximum Gasteiger partial charge on any atom is 0.0428 e. The van der Waals surface area contributed by atoms with E-state index in [0.717, 1.165) is 43.0 Å². The van der Waals surface area contributed by atoms with Crippen LogP contribution in [0.4, 0.5) is 11.4 Å². The van der Waals surface area contributed by atoms with Gasteiger partial charge < -0.3 is 10.2 Å². The fraction of sp³-hybridized carbons (Fsp3) is 0.500. The van der Waals surface area contributed by atoms with E-state index in [0.29, 0.717) is 11.4 Å². The normalized spacial score (nSPS) is 15.3. The van der Waals surface area contributed by atoms with Gasteiger partial charge in [0.15, 0.2) is 0 Å². The standard InChI is InChI=1S/C12H17N5S/c1-9-10(8-18)6-11(7-12(9)15-16-13)17-4-2-14-3-5-17/h6-7,14,18H,2-5,8H2,1H3. The molecule has 0 amide bonds. The first-order chi connectivity index (χ1) is 8.76. The molecular formula is C12H17N5S. The van der Waals surface area contributed by atoms with E-state index in [1.54, 1.807) is 0 Å². The Morgan fingerprint density at radius 1 is 1.44 bits per heavy atom. The lowest BCUT2D eigenvalue weighted by Crippen LogP contribution is -2.43. The van der Waals surface area contributed by atoms with Gasteiger partial charge in [-0.2, -0.15) is 12.6 Å². The molecule has 1 aliphatic rings. The fourth-order valence-corrected chi connectivity index (χ4v) is 2.49. The van der Waals surface area contributed by atoms with E-state index < -0.39 is 0 Å². The van der Waals surface area contributed by atoms with Crippen LogP contribution in [0.25, 0.3) is 10.4 Å². The molecule has 1 aromatic carbocycles. The summed E-state index contributed by atoms with van der Waals surface area (Å²) in [6.45, 7) is 5.90. The molecule has 0 bridgehead atoms. The van der Waals surface area contributed by atoms with Crippen molar-refractivity contribution in [1.82, 2.24) is 5.32 Å². The summed E-state index contributed by atoms with van der Waals surface area (Å²) in [4.78, 5) is 5.20. The molecule has 0 spiro atoms. The third-order valence-corrected chi connectivity index (χ3v) is 3.62. The molecule has 5 nitrogen and oxygen atoms in total. The van der Waals surface area contributed by atoms with E-state index in [1.807, 2.05) is 13.0 Å². The second kappa shape index (κ2) is 6.00. The van der Waals surface area contributed by atoms with Gasteiger partial charge in [-0.15, -0.1) is 0 Å². The Hall–Kier alpha value is -1.36. The fourth-order valence-electron chi connectivity index (χ4n) is 2.16. The smallest absolute Gasteiger partial charge is 0.0428 e. The largest absolute Gasteiger partial charge is 0.369 e. The first kappa shape index (κ1) is 13.1. The third-order valence-electron chi connectivity index (χ3n) is 3.28. The van der Waals surface area contributed by atoms with Crippen molar-refractivity contribution in [1.29, 1.82) is 0 Å². The van der Waals surface area contributed by atoms with Crippen molar-refractivity contribution in [2.45, 2.75) is 12.7 Å². The van der Waals surface area contributed by atoms with Crippen LogP contribution < -0.4 is 10.2 Å². The summed E-state index contributed by atoms with van der Waals surface area (Å²) in [5, 5.41) is 7.10. The van der Waals surface area contributed by atoms with Crippen molar-refractivity contribution >= 4 is 24.0 Å². The number of azide groups is 1. The predicted molar refractivity (Wildman–Crippen MR) is 77.8 cm³/mol. The number of nitrogens with zero attached hydrogens (tertiary/aromatic N) is 4. The minimum absolute atomic E-state index is 0.652. The van der Waals surface area contributed by atoms with Crippen molar-refractivity contribution in [3.63, 3.8) is 0 Å². The van der Waals surface area contributed by atoms with Gasteiger partial charge in [-0.05, 0) is 35.7 Å². The van der Waals surface area contributed by atoms with Crippen LogP contribution in [0, 0.1) is 6.92 Å². The third kappa shape index (κ3) is 2.72. The predicted octanol–water partition coefficient (Wildman–Crippen LogP) is 2.78. The van der Waals surface area contributed by atoms with Gasteiger partial charge in [0.2, 0.25) is 0 Å². The summed E-state index contributed by atoms with van der Waals surface area (Å²) in [7, 11) is 0. The Morgan fingerprint density at radius 3 is 2.78 bits per heavy atom. The zero-order chi connectivity index (χ0) is 13.0. The van der Waals surface area contributed by atoms with Gasteiger partial charge in [0, 0.05) is 48.2 Å². The van der Waals surface area contributed by atoms with Crippen molar-refractivity contribution in [2.75, 3.05) is 31.1 Å². The molecule has 1 N–H and O–H groups in total. The zero-order valence-electron chi connectivity index (χ0n) is 10.4.